The largest absolute Gasteiger partial charge is 0.496 e. The Kier molecular flexibility index (Phi) is 7.47. The first kappa shape index (κ1) is 27.9. The monoisotopic (exact) mass is 541 g/mol. The maximum absolute atomic E-state index is 13.4. The zero-order valence-corrected chi connectivity index (χ0v) is 21.5. The van der Waals surface area contributed by atoms with Crippen LogP contribution in [0.3, 0.4) is 0 Å². The van der Waals surface area contributed by atoms with Crippen molar-refractivity contribution in [2.24, 2.45) is 0 Å². The molecule has 0 saturated carbocycles. The van der Waals surface area contributed by atoms with Gasteiger partial charge in [-0.3, -0.25) is 4.90 Å². The number of ether oxygens (including phenoxy) is 2. The summed E-state index contributed by atoms with van der Waals surface area (Å²) in [7, 11) is 1.58. The lowest BCUT2D eigenvalue weighted by molar-refractivity contribution is -0.143. The van der Waals surface area contributed by atoms with Crippen LogP contribution in [0.25, 0.3) is 5.57 Å². The second kappa shape index (κ2) is 10.2. The molecule has 10 heteroatoms. The molecule has 4 rings (SSSR count). The second-order valence-electron chi connectivity index (χ2n) is 10.1. The quantitative estimate of drug-likeness (QED) is 0.345. The van der Waals surface area contributed by atoms with Crippen molar-refractivity contribution >= 4 is 11.7 Å². The molecule has 1 aliphatic carbocycles. The van der Waals surface area contributed by atoms with Crippen molar-refractivity contribution in [1.29, 1.82) is 0 Å². The Morgan fingerprint density at radius 2 is 1.63 bits per heavy atom. The van der Waals surface area contributed by atoms with Gasteiger partial charge in [-0.05, 0) is 84.7 Å². The van der Waals surface area contributed by atoms with E-state index < -0.39 is 41.7 Å². The predicted molar refractivity (Wildman–Crippen MR) is 130 cm³/mol. The molecule has 2 atom stereocenters. The molecule has 0 aromatic heterocycles. The van der Waals surface area contributed by atoms with E-state index in [-0.39, 0.29) is 24.1 Å². The van der Waals surface area contributed by atoms with Crippen molar-refractivity contribution in [2.75, 3.05) is 13.7 Å². The molecule has 1 amide bonds. The molecule has 0 spiro atoms. The summed E-state index contributed by atoms with van der Waals surface area (Å²) in [5.74, 6) is 0.982. The fraction of sp³-hybridized carbons (Fsp3) is 0.464. The molecule has 1 saturated heterocycles. The van der Waals surface area contributed by atoms with Gasteiger partial charge in [-0.25, -0.2) is 4.79 Å². The molecule has 206 valence electrons. The van der Waals surface area contributed by atoms with E-state index in [4.69, 9.17) is 9.47 Å². The molecule has 38 heavy (non-hydrogen) atoms. The van der Waals surface area contributed by atoms with Crippen LogP contribution >= 0.6 is 0 Å². The Hall–Kier alpha value is -3.17. The van der Waals surface area contributed by atoms with Crippen LogP contribution in [0.4, 0.5) is 31.1 Å². The minimum absolute atomic E-state index is 0.0665. The standard InChI is InChI=1S/C28H29F6NO3/c1-15(2)17-8-9-24(37-4)23(12-17)22-7-5-6-18(22)14-35-16(3)25(38-26(35)36)19-10-20(27(29,30)31)13-21(11-19)28(32,33)34/h8-13,15-16,25H,5-7,14H2,1-4H3/t16-,25-/m0/s1. The molecule has 1 aliphatic heterocycles. The molecule has 4 nitrogen and oxygen atoms in total. The first-order valence-corrected chi connectivity index (χ1v) is 12.4. The van der Waals surface area contributed by atoms with E-state index >= 15 is 0 Å². The van der Waals surface area contributed by atoms with E-state index in [9.17, 15) is 31.1 Å². The molecule has 2 aromatic carbocycles. The molecule has 0 N–H and O–H groups in total. The van der Waals surface area contributed by atoms with Gasteiger partial charge >= 0.3 is 18.4 Å². The number of carbonyl (C=O) groups excluding carboxylic acids is 1. The Morgan fingerprint density at radius 1 is 1.00 bits per heavy atom. The van der Waals surface area contributed by atoms with Crippen LogP contribution in [0.5, 0.6) is 5.75 Å². The van der Waals surface area contributed by atoms with E-state index in [0.717, 1.165) is 35.1 Å². The van der Waals surface area contributed by atoms with Crippen molar-refractivity contribution in [3.63, 3.8) is 0 Å². The minimum atomic E-state index is -4.99. The number of carbonyl (C=O) groups is 1. The first-order chi connectivity index (χ1) is 17.7. The van der Waals surface area contributed by atoms with Gasteiger partial charge in [0.15, 0.2) is 0 Å². The third-order valence-electron chi connectivity index (χ3n) is 7.24. The highest BCUT2D eigenvalue weighted by atomic mass is 19.4. The van der Waals surface area contributed by atoms with Gasteiger partial charge < -0.3 is 9.47 Å². The van der Waals surface area contributed by atoms with Crippen LogP contribution in [-0.4, -0.2) is 30.7 Å². The smallest absolute Gasteiger partial charge is 0.416 e. The van der Waals surface area contributed by atoms with E-state index in [1.807, 2.05) is 12.1 Å². The highest BCUT2D eigenvalue weighted by Crippen LogP contribution is 2.43. The van der Waals surface area contributed by atoms with Gasteiger partial charge in [0.1, 0.15) is 11.9 Å². The fourth-order valence-electron chi connectivity index (χ4n) is 5.13. The van der Waals surface area contributed by atoms with Crippen LogP contribution in [0, 0.1) is 0 Å². The first-order valence-electron chi connectivity index (χ1n) is 12.4. The molecule has 1 fully saturated rings. The molecule has 0 radical (unpaired) electrons. The van der Waals surface area contributed by atoms with Gasteiger partial charge in [0.2, 0.25) is 0 Å². The van der Waals surface area contributed by atoms with Gasteiger partial charge in [0.05, 0.1) is 24.3 Å². The van der Waals surface area contributed by atoms with Crippen LogP contribution in [-0.2, 0) is 17.1 Å². The summed E-state index contributed by atoms with van der Waals surface area (Å²) in [5.41, 5.74) is 0.820. The molecule has 0 bridgehead atoms. The molecule has 2 aliphatic rings. The molecule has 2 aromatic rings. The minimum Gasteiger partial charge on any atom is -0.496 e. The number of rotatable bonds is 6. The number of methoxy groups -OCH3 is 1. The number of amides is 1. The van der Waals surface area contributed by atoms with Gasteiger partial charge in [-0.2, -0.15) is 26.3 Å². The molecular weight excluding hydrogens is 512 g/mol. The summed E-state index contributed by atoms with van der Waals surface area (Å²) < 4.78 is 91.3. The SMILES string of the molecule is COc1ccc(C(C)C)cc1C1=C(CN2C(=O)O[C@H](c3cc(C(F)(F)F)cc(C(F)(F)F)c3)[C@@H]2C)CCC1. The maximum atomic E-state index is 13.4. The van der Waals surface area contributed by atoms with E-state index in [1.54, 1.807) is 14.0 Å². The summed E-state index contributed by atoms with van der Waals surface area (Å²) in [6.45, 7) is 5.88. The van der Waals surface area contributed by atoms with Gasteiger partial charge in [0, 0.05) is 12.1 Å². The molecule has 0 unspecified atom stereocenters. The number of halogens is 6. The average molecular weight is 542 g/mol. The number of hydrogen-bond donors (Lipinski definition) is 0. The lowest BCUT2D eigenvalue weighted by Gasteiger charge is -2.24. The van der Waals surface area contributed by atoms with Crippen LogP contribution in [0.15, 0.2) is 42.0 Å². The van der Waals surface area contributed by atoms with E-state index in [1.165, 1.54) is 4.90 Å². The van der Waals surface area contributed by atoms with Crippen LogP contribution < -0.4 is 4.74 Å². The summed E-state index contributed by atoms with van der Waals surface area (Å²) in [6, 6.07) is 6.49. The normalized spacial score (nSPS) is 20.5. The average Bonchev–Trinajstić information content (AvgIpc) is 3.42. The van der Waals surface area contributed by atoms with E-state index in [2.05, 4.69) is 19.9 Å². The number of allylic oxidation sites excluding steroid dienone is 1. The Bertz CT molecular complexity index is 1220. The van der Waals surface area contributed by atoms with Crippen LogP contribution in [0.2, 0.25) is 0 Å². The Balaban J connectivity index is 1.67. The highest BCUT2D eigenvalue weighted by Gasteiger charge is 2.43. The zero-order valence-electron chi connectivity index (χ0n) is 21.5. The Labute approximate surface area is 217 Å². The topological polar surface area (TPSA) is 38.8 Å². The Morgan fingerprint density at radius 3 is 2.18 bits per heavy atom. The van der Waals surface area contributed by atoms with Gasteiger partial charge in [-0.15, -0.1) is 0 Å². The van der Waals surface area contributed by atoms with Crippen molar-refractivity contribution in [2.45, 2.75) is 70.4 Å². The summed E-state index contributed by atoms with van der Waals surface area (Å²) >= 11 is 0. The van der Waals surface area contributed by atoms with Crippen molar-refractivity contribution in [3.8, 4) is 5.75 Å². The third kappa shape index (κ3) is 5.49. The number of hydrogen-bond acceptors (Lipinski definition) is 3. The predicted octanol–water partition coefficient (Wildman–Crippen LogP) is 8.38. The summed E-state index contributed by atoms with van der Waals surface area (Å²) in [4.78, 5) is 14.2. The fourth-order valence-corrected chi connectivity index (χ4v) is 5.13. The number of cyclic esters (lactones) is 1. The summed E-state index contributed by atoms with van der Waals surface area (Å²) in [5, 5.41) is 0. The molecular formula is C28H29F6NO3. The van der Waals surface area contributed by atoms with Crippen molar-refractivity contribution in [3.05, 3.63) is 69.8 Å². The number of alkyl halides is 6. The van der Waals surface area contributed by atoms with Crippen LogP contribution in [0.1, 0.15) is 79.9 Å². The van der Waals surface area contributed by atoms with Crippen molar-refractivity contribution in [1.82, 2.24) is 4.90 Å². The number of nitrogens with zero attached hydrogens (tertiary/aromatic N) is 1. The van der Waals surface area contributed by atoms with Crippen molar-refractivity contribution < 1.29 is 40.6 Å². The van der Waals surface area contributed by atoms with E-state index in [0.29, 0.717) is 24.3 Å². The lowest BCUT2D eigenvalue weighted by Crippen LogP contribution is -2.33. The lowest BCUT2D eigenvalue weighted by atomic mass is 9.94. The van der Waals surface area contributed by atoms with Gasteiger partial charge in [-0.1, -0.05) is 19.9 Å². The highest BCUT2D eigenvalue weighted by molar-refractivity contribution is 5.77. The zero-order chi connectivity index (χ0) is 28.0. The molecule has 1 heterocycles. The maximum Gasteiger partial charge on any atom is 0.416 e. The second-order valence-corrected chi connectivity index (χ2v) is 10.1. The number of benzene rings is 2. The summed E-state index contributed by atoms with van der Waals surface area (Å²) in [6.07, 6.45) is -9.73. The third-order valence-corrected chi connectivity index (χ3v) is 7.24. The van der Waals surface area contributed by atoms with Gasteiger partial charge in [0.25, 0.3) is 0 Å².